The van der Waals surface area contributed by atoms with Gasteiger partial charge < -0.3 is 36.0 Å². The van der Waals surface area contributed by atoms with E-state index in [0.717, 1.165) is 87.4 Å². The van der Waals surface area contributed by atoms with Gasteiger partial charge in [0.05, 0.1) is 33.1 Å². The molecule has 0 saturated carbocycles. The number of hydrogen-bond donors (Lipinski definition) is 6. The van der Waals surface area contributed by atoms with Crippen LogP contribution in [-0.4, -0.2) is 79.0 Å². The largest absolute Gasteiger partial charge is 0.508 e. The minimum Gasteiger partial charge on any atom is -0.508 e. The van der Waals surface area contributed by atoms with Crippen molar-refractivity contribution in [2.75, 3.05) is 33.2 Å². The van der Waals surface area contributed by atoms with Crippen LogP contribution in [0.15, 0.2) is 78.9 Å². The number of phenols is 1. The first kappa shape index (κ1) is 29.2. The molecule has 0 aliphatic carbocycles. The molecule has 7 rings (SSSR count). The summed E-state index contributed by atoms with van der Waals surface area (Å²) in [5.74, 6) is 2.29. The summed E-state index contributed by atoms with van der Waals surface area (Å²) in [7, 11) is 2.07. The number of H-pyrrole nitrogens is 3. The van der Waals surface area contributed by atoms with Gasteiger partial charge in [0, 0.05) is 28.8 Å². The van der Waals surface area contributed by atoms with E-state index in [-0.39, 0.29) is 11.7 Å². The predicted octanol–water partition coefficient (Wildman–Crippen LogP) is 5.42. The fourth-order valence-corrected chi connectivity index (χ4v) is 5.61. The number of hydrogen-bond acceptors (Lipinski definition) is 7. The number of nitrogens with two attached hydrogens (primary N) is 1. The summed E-state index contributed by atoms with van der Waals surface area (Å²) in [5, 5.41) is 12.6. The van der Waals surface area contributed by atoms with Gasteiger partial charge in [-0.25, -0.2) is 15.0 Å². The van der Waals surface area contributed by atoms with Crippen LogP contribution < -0.4 is 11.1 Å². The van der Waals surface area contributed by atoms with Gasteiger partial charge in [0.15, 0.2) is 0 Å². The van der Waals surface area contributed by atoms with E-state index in [1.807, 2.05) is 66.7 Å². The van der Waals surface area contributed by atoms with Crippen LogP contribution >= 0.6 is 0 Å². The standard InChI is InChI=1S/C35H35N9O2/c1-44(16-2-14-36)17-3-15-37-35(46)24-8-13-28-31(20-24)43-34(40-28)23-7-12-27-30(19-23)42-33(39-27)22-6-11-26-29(18-22)41-32(38-26)21-4-9-25(45)10-5-21/h4-13,18-20,45H,2-3,14-17,36H2,1H3,(H,37,46)(H,38,41)(H,39,42)(H,40,43). The lowest BCUT2D eigenvalue weighted by Crippen LogP contribution is -2.29. The smallest absolute Gasteiger partial charge is 0.251 e. The van der Waals surface area contributed by atoms with Crippen LogP contribution in [0.25, 0.3) is 67.3 Å². The molecule has 0 saturated heterocycles. The van der Waals surface area contributed by atoms with Gasteiger partial charge in [-0.3, -0.25) is 4.79 Å². The summed E-state index contributed by atoms with van der Waals surface area (Å²) < 4.78 is 0. The molecule has 0 unspecified atom stereocenters. The maximum Gasteiger partial charge on any atom is 0.251 e. The summed E-state index contributed by atoms with van der Waals surface area (Å²) in [6, 6.07) is 24.5. The molecule has 0 spiro atoms. The lowest BCUT2D eigenvalue weighted by atomic mass is 10.2. The van der Waals surface area contributed by atoms with Gasteiger partial charge in [0.1, 0.15) is 23.2 Å². The van der Waals surface area contributed by atoms with Crippen LogP contribution in [0.5, 0.6) is 5.75 Å². The predicted molar refractivity (Wildman–Crippen MR) is 181 cm³/mol. The number of carbonyl (C=O) groups excluding carboxylic acids is 1. The molecule has 0 atom stereocenters. The fourth-order valence-electron chi connectivity index (χ4n) is 5.61. The molecule has 7 N–H and O–H groups in total. The summed E-state index contributed by atoms with van der Waals surface area (Å²) in [5.41, 5.74) is 13.9. The van der Waals surface area contributed by atoms with Gasteiger partial charge in [-0.2, -0.15) is 0 Å². The average Bonchev–Trinajstić information content (AvgIpc) is 3.81. The molecule has 7 aromatic rings. The molecule has 3 heterocycles. The maximum atomic E-state index is 12.8. The molecule has 1 amide bonds. The summed E-state index contributed by atoms with van der Waals surface area (Å²) >= 11 is 0. The summed E-state index contributed by atoms with van der Waals surface area (Å²) in [6.07, 6.45) is 1.85. The first-order chi connectivity index (χ1) is 22.4. The van der Waals surface area contributed by atoms with E-state index in [1.54, 1.807) is 12.1 Å². The Labute approximate surface area is 264 Å². The number of aromatic amines is 3. The maximum absolute atomic E-state index is 12.8. The molecular formula is C35H35N9O2. The lowest BCUT2D eigenvalue weighted by molar-refractivity contribution is 0.0952. The van der Waals surface area contributed by atoms with E-state index in [9.17, 15) is 9.90 Å². The van der Waals surface area contributed by atoms with Gasteiger partial charge in [-0.1, -0.05) is 0 Å². The molecule has 11 heteroatoms. The van der Waals surface area contributed by atoms with Crippen molar-refractivity contribution in [3.63, 3.8) is 0 Å². The van der Waals surface area contributed by atoms with Crippen molar-refractivity contribution in [1.29, 1.82) is 0 Å². The molecular weight excluding hydrogens is 578 g/mol. The molecule has 46 heavy (non-hydrogen) atoms. The Bertz CT molecular complexity index is 2160. The number of amides is 1. The highest BCUT2D eigenvalue weighted by molar-refractivity contribution is 5.98. The fraction of sp³-hybridized carbons (Fsp3) is 0.200. The van der Waals surface area contributed by atoms with Crippen LogP contribution in [0, 0.1) is 0 Å². The zero-order valence-corrected chi connectivity index (χ0v) is 25.5. The third-order valence-electron chi connectivity index (χ3n) is 8.15. The number of nitrogens with one attached hydrogen (secondary N) is 4. The third kappa shape index (κ3) is 6.06. The number of phenolic OH excluding ortho intramolecular Hbond substituents is 1. The Morgan fingerprint density at radius 1 is 0.717 bits per heavy atom. The van der Waals surface area contributed by atoms with Gasteiger partial charge >= 0.3 is 0 Å². The first-order valence-corrected chi connectivity index (χ1v) is 15.4. The highest BCUT2D eigenvalue weighted by Crippen LogP contribution is 2.29. The number of imidazole rings is 3. The van der Waals surface area contributed by atoms with Crippen LogP contribution in [-0.2, 0) is 0 Å². The quantitative estimate of drug-likeness (QED) is 0.106. The molecule has 0 bridgehead atoms. The molecule has 232 valence electrons. The SMILES string of the molecule is CN(CCCN)CCCNC(=O)c1ccc2[nH]c(-c3ccc4[nH]c(-c5ccc6[nH]c(-c7ccc(O)cc7)nc6c5)nc4c3)nc2c1. The molecule has 11 nitrogen and oxygen atoms in total. The third-order valence-corrected chi connectivity index (χ3v) is 8.15. The molecule has 0 aliphatic heterocycles. The second-order valence-electron chi connectivity index (χ2n) is 11.6. The summed E-state index contributed by atoms with van der Waals surface area (Å²) in [4.78, 5) is 39.6. The Hall–Kier alpha value is -5.52. The van der Waals surface area contributed by atoms with Crippen LogP contribution in [0.2, 0.25) is 0 Å². The van der Waals surface area contributed by atoms with Crippen LogP contribution in [0.1, 0.15) is 23.2 Å². The Kier molecular flexibility index (Phi) is 7.91. The minimum atomic E-state index is -0.105. The van der Waals surface area contributed by atoms with E-state index in [1.165, 1.54) is 0 Å². The second kappa shape index (κ2) is 12.5. The number of benzene rings is 4. The van der Waals surface area contributed by atoms with Crippen molar-refractivity contribution in [2.45, 2.75) is 12.8 Å². The average molecular weight is 614 g/mol. The van der Waals surface area contributed by atoms with E-state index in [0.29, 0.717) is 24.5 Å². The number of aromatic nitrogens is 6. The topological polar surface area (TPSA) is 165 Å². The highest BCUT2D eigenvalue weighted by atomic mass is 16.3. The van der Waals surface area contributed by atoms with Crippen molar-refractivity contribution in [3.8, 4) is 39.9 Å². The molecule has 0 fully saturated rings. The number of nitrogens with zero attached hydrogens (tertiary/aromatic N) is 4. The zero-order valence-electron chi connectivity index (χ0n) is 25.5. The Morgan fingerprint density at radius 3 is 1.80 bits per heavy atom. The Balaban J connectivity index is 1.06. The highest BCUT2D eigenvalue weighted by Gasteiger charge is 2.14. The summed E-state index contributed by atoms with van der Waals surface area (Å²) in [6.45, 7) is 3.17. The van der Waals surface area contributed by atoms with Crippen LogP contribution in [0.3, 0.4) is 0 Å². The van der Waals surface area contributed by atoms with E-state index in [2.05, 4.69) is 32.2 Å². The van der Waals surface area contributed by atoms with Gasteiger partial charge in [0.2, 0.25) is 0 Å². The molecule has 3 aromatic heterocycles. The molecule has 0 radical (unpaired) electrons. The lowest BCUT2D eigenvalue weighted by Gasteiger charge is -2.15. The van der Waals surface area contributed by atoms with E-state index in [4.69, 9.17) is 20.7 Å². The van der Waals surface area contributed by atoms with Crippen molar-refractivity contribution in [2.24, 2.45) is 5.73 Å². The van der Waals surface area contributed by atoms with E-state index < -0.39 is 0 Å². The van der Waals surface area contributed by atoms with E-state index >= 15 is 0 Å². The van der Waals surface area contributed by atoms with Gasteiger partial charge in [-0.15, -0.1) is 0 Å². The first-order valence-electron chi connectivity index (χ1n) is 15.4. The number of aromatic hydroxyl groups is 1. The van der Waals surface area contributed by atoms with Crippen molar-refractivity contribution in [3.05, 3.63) is 84.4 Å². The molecule has 0 aliphatic rings. The van der Waals surface area contributed by atoms with Crippen molar-refractivity contribution < 1.29 is 9.90 Å². The number of fused-ring (bicyclic) bond motifs is 3. The normalized spacial score (nSPS) is 11.7. The monoisotopic (exact) mass is 613 g/mol. The van der Waals surface area contributed by atoms with Gasteiger partial charge in [0.25, 0.3) is 5.91 Å². The number of carbonyl (C=O) groups is 1. The Morgan fingerprint density at radius 2 is 1.22 bits per heavy atom. The number of rotatable bonds is 11. The zero-order chi connectivity index (χ0) is 31.6. The van der Waals surface area contributed by atoms with Crippen LogP contribution in [0.4, 0.5) is 0 Å². The van der Waals surface area contributed by atoms with Crippen molar-refractivity contribution >= 4 is 39.0 Å². The van der Waals surface area contributed by atoms with Crippen molar-refractivity contribution in [1.82, 2.24) is 40.1 Å². The second-order valence-corrected chi connectivity index (χ2v) is 11.6. The molecule has 4 aromatic carbocycles. The minimum absolute atomic E-state index is 0.105. The van der Waals surface area contributed by atoms with Gasteiger partial charge in [-0.05, 0) is 118 Å².